The first-order valence-electron chi connectivity index (χ1n) is 15.3. The molecule has 12 nitrogen and oxygen atoms in total. The number of thiazole rings is 1. The van der Waals surface area contributed by atoms with Crippen LogP contribution in [0.4, 0.5) is 14.9 Å². The number of amides is 3. The van der Waals surface area contributed by atoms with E-state index in [0.717, 1.165) is 0 Å². The highest BCUT2D eigenvalue weighted by Gasteiger charge is 2.42. The van der Waals surface area contributed by atoms with Crippen LogP contribution in [0.5, 0.6) is 0 Å². The molecule has 0 bridgehead atoms. The van der Waals surface area contributed by atoms with Crippen molar-refractivity contribution < 1.29 is 28.3 Å². The summed E-state index contributed by atoms with van der Waals surface area (Å²) in [5, 5.41) is 8.53. The Kier molecular flexibility index (Phi) is 9.58. The van der Waals surface area contributed by atoms with Crippen LogP contribution < -0.4 is 15.5 Å². The Hall–Kier alpha value is -4.66. The van der Waals surface area contributed by atoms with Crippen molar-refractivity contribution >= 4 is 58.2 Å². The zero-order valence-corrected chi connectivity index (χ0v) is 28.0. The van der Waals surface area contributed by atoms with E-state index in [9.17, 15) is 23.6 Å². The van der Waals surface area contributed by atoms with E-state index in [1.54, 1.807) is 42.3 Å². The first-order valence-corrected chi connectivity index (χ1v) is 16.5. The van der Waals surface area contributed by atoms with E-state index < -0.39 is 23.9 Å². The number of aliphatic imine (C=N–C) groups is 1. The number of rotatable bonds is 9. The lowest BCUT2D eigenvalue weighted by Crippen LogP contribution is -2.53. The second-order valence-corrected chi connectivity index (χ2v) is 13.0. The third kappa shape index (κ3) is 6.68. The summed E-state index contributed by atoms with van der Waals surface area (Å²) < 4.78 is 19.2. The maximum atomic E-state index is 14.0. The number of urea groups is 1. The van der Waals surface area contributed by atoms with Crippen molar-refractivity contribution in [1.29, 1.82) is 0 Å². The number of piperazine rings is 1. The van der Waals surface area contributed by atoms with E-state index in [4.69, 9.17) is 21.3 Å². The molecule has 0 saturated carbocycles. The van der Waals surface area contributed by atoms with Gasteiger partial charge in [-0.1, -0.05) is 17.7 Å². The van der Waals surface area contributed by atoms with Crippen molar-refractivity contribution in [3.05, 3.63) is 92.3 Å². The number of carbonyl (C=O) groups is 4. The number of anilines is 1. The summed E-state index contributed by atoms with van der Waals surface area (Å²) in [6.45, 7) is 5.31. The van der Waals surface area contributed by atoms with Crippen molar-refractivity contribution in [2.24, 2.45) is 4.99 Å². The first-order chi connectivity index (χ1) is 23.0. The molecule has 6 rings (SSSR count). The van der Waals surface area contributed by atoms with E-state index in [2.05, 4.69) is 20.5 Å². The van der Waals surface area contributed by atoms with Gasteiger partial charge in [0.25, 0.3) is 5.91 Å². The minimum Gasteiger partial charge on any atom is -0.466 e. The van der Waals surface area contributed by atoms with Crippen molar-refractivity contribution in [3.8, 4) is 0 Å². The number of hydrogen-bond donors (Lipinski definition) is 2. The van der Waals surface area contributed by atoms with Gasteiger partial charge in [-0.3, -0.25) is 24.4 Å². The number of esters is 1. The standard InChI is InChI=1S/C33H33ClFN7O5S/c1-18(19(2)43)37-30(44)20-4-7-22(8-5-20)42-16-23-15-40(11-12-41(23)33(42)46)17-26-27(32(45)47-3)28(24-9-6-21(35)14-25(24)34)39-29(38-26)31-36-10-13-48-31/h4-10,13-14,18,23,28H,11-12,15-17H2,1-3H3,(H,37,44)(H,38,39)/t18?,23-,28-/m0/s1. The molecule has 48 heavy (non-hydrogen) atoms. The Labute approximate surface area is 285 Å². The molecule has 3 aromatic rings. The average Bonchev–Trinajstić information content (AvgIpc) is 3.72. The fourth-order valence-electron chi connectivity index (χ4n) is 6.00. The lowest BCUT2D eigenvalue weighted by Gasteiger charge is -2.38. The van der Waals surface area contributed by atoms with Crippen LogP contribution in [0.15, 0.2) is 70.3 Å². The predicted molar refractivity (Wildman–Crippen MR) is 179 cm³/mol. The summed E-state index contributed by atoms with van der Waals surface area (Å²) in [6.07, 6.45) is 1.66. The molecule has 2 N–H and O–H groups in total. The number of halogens is 2. The lowest BCUT2D eigenvalue weighted by atomic mass is 9.95. The van der Waals surface area contributed by atoms with Gasteiger partial charge in [0.05, 0.1) is 24.8 Å². The van der Waals surface area contributed by atoms with Gasteiger partial charge in [-0.2, -0.15) is 0 Å². The van der Waals surface area contributed by atoms with Crippen LogP contribution in [0.2, 0.25) is 5.02 Å². The fourth-order valence-corrected chi connectivity index (χ4v) is 6.86. The quantitative estimate of drug-likeness (QED) is 0.323. The number of carbonyl (C=O) groups excluding carboxylic acids is 4. The highest BCUT2D eigenvalue weighted by atomic mass is 35.5. The molecule has 0 spiro atoms. The number of nitrogens with zero attached hydrogens (tertiary/aromatic N) is 5. The van der Waals surface area contributed by atoms with E-state index >= 15 is 0 Å². The second kappa shape index (κ2) is 13.8. The van der Waals surface area contributed by atoms with Crippen molar-refractivity contribution in [2.75, 3.05) is 44.7 Å². The number of nitrogens with one attached hydrogen (secondary N) is 2. The van der Waals surface area contributed by atoms with Gasteiger partial charge >= 0.3 is 12.0 Å². The van der Waals surface area contributed by atoms with Crippen LogP contribution in [0, 0.1) is 5.82 Å². The van der Waals surface area contributed by atoms with Gasteiger partial charge in [0, 0.05) is 71.8 Å². The van der Waals surface area contributed by atoms with Crippen LogP contribution in [-0.2, 0) is 14.3 Å². The molecule has 2 saturated heterocycles. The summed E-state index contributed by atoms with van der Waals surface area (Å²) in [7, 11) is 1.29. The van der Waals surface area contributed by atoms with Crippen LogP contribution in [-0.4, -0.2) is 96.2 Å². The summed E-state index contributed by atoms with van der Waals surface area (Å²) in [4.78, 5) is 65.7. The monoisotopic (exact) mass is 693 g/mol. The van der Waals surface area contributed by atoms with Gasteiger partial charge in [-0.25, -0.2) is 19.0 Å². The maximum absolute atomic E-state index is 14.0. The van der Waals surface area contributed by atoms with E-state index in [1.807, 2.05) is 10.3 Å². The van der Waals surface area contributed by atoms with Crippen LogP contribution >= 0.6 is 22.9 Å². The number of Topliss-reactive ketones (excluding diaryl/α,β-unsaturated/α-hetero) is 1. The molecule has 3 aliphatic heterocycles. The van der Waals surface area contributed by atoms with Crippen LogP contribution in [0.1, 0.15) is 40.8 Å². The number of methoxy groups -OCH3 is 1. The molecule has 3 aliphatic rings. The van der Waals surface area contributed by atoms with Gasteiger partial charge in [0.2, 0.25) is 0 Å². The summed E-state index contributed by atoms with van der Waals surface area (Å²) in [5.74, 6) is -1.17. The first kappa shape index (κ1) is 33.2. The normalized spacial score (nSPS) is 20.2. The highest BCUT2D eigenvalue weighted by Crippen LogP contribution is 2.37. The molecule has 3 amide bonds. The van der Waals surface area contributed by atoms with E-state index in [-0.39, 0.29) is 34.4 Å². The van der Waals surface area contributed by atoms with Gasteiger partial charge < -0.3 is 20.3 Å². The van der Waals surface area contributed by atoms with E-state index in [1.165, 1.54) is 43.6 Å². The van der Waals surface area contributed by atoms with E-state index in [0.29, 0.717) is 66.1 Å². The molecule has 0 radical (unpaired) electrons. The average molecular weight is 694 g/mol. The van der Waals surface area contributed by atoms with Crippen molar-refractivity contribution in [3.63, 3.8) is 0 Å². The van der Waals surface area contributed by atoms with Crippen molar-refractivity contribution in [2.45, 2.75) is 32.0 Å². The molecule has 1 aromatic heterocycles. The smallest absolute Gasteiger partial charge is 0.338 e. The Balaban J connectivity index is 1.22. The van der Waals surface area contributed by atoms with Crippen LogP contribution in [0.25, 0.3) is 0 Å². The number of aromatic nitrogens is 1. The number of amidine groups is 1. The van der Waals surface area contributed by atoms with Gasteiger partial charge in [-0.05, 0) is 50.2 Å². The highest BCUT2D eigenvalue weighted by molar-refractivity contribution is 7.11. The number of hydrogen-bond acceptors (Lipinski definition) is 10. The minimum absolute atomic E-state index is 0.127. The SMILES string of the molecule is COC(=O)C1=C(CN2CCN3C(=O)N(c4ccc(C(=O)NC(C)C(C)=O)cc4)C[C@@H]3C2)NC(c2nccs2)=N[C@H]1c1ccc(F)cc1Cl. The number of ether oxygens (including phenoxy) is 1. The molecule has 3 atom stereocenters. The molecule has 2 aromatic carbocycles. The topological polar surface area (TPSA) is 137 Å². The Morgan fingerprint density at radius 1 is 1.17 bits per heavy atom. The van der Waals surface area contributed by atoms with Gasteiger partial charge in [-0.15, -0.1) is 11.3 Å². The molecule has 0 aliphatic carbocycles. The third-order valence-corrected chi connectivity index (χ3v) is 9.75. The fraction of sp³-hybridized carbons (Fsp3) is 0.333. The van der Waals surface area contributed by atoms with Gasteiger partial charge in [0.15, 0.2) is 16.6 Å². The maximum Gasteiger partial charge on any atom is 0.338 e. The van der Waals surface area contributed by atoms with Gasteiger partial charge in [0.1, 0.15) is 11.9 Å². The number of ketones is 1. The summed E-state index contributed by atoms with van der Waals surface area (Å²) in [6, 6.07) is 8.95. The molecular weight excluding hydrogens is 661 g/mol. The molecule has 15 heteroatoms. The molecule has 1 unspecified atom stereocenters. The Bertz CT molecular complexity index is 1820. The van der Waals surface area contributed by atoms with Crippen LogP contribution in [0.3, 0.4) is 0 Å². The minimum atomic E-state index is -0.874. The Morgan fingerprint density at radius 3 is 2.60 bits per heavy atom. The van der Waals surface area contributed by atoms with Crippen molar-refractivity contribution in [1.82, 2.24) is 25.4 Å². The third-order valence-electron chi connectivity index (χ3n) is 8.64. The molecule has 4 heterocycles. The molecule has 2 fully saturated rings. The second-order valence-electron chi connectivity index (χ2n) is 11.7. The lowest BCUT2D eigenvalue weighted by molar-refractivity contribution is -0.136. The number of benzene rings is 2. The molecular formula is C33H33ClFN7O5S. The summed E-state index contributed by atoms with van der Waals surface area (Å²) >= 11 is 7.86. The Morgan fingerprint density at radius 2 is 1.94 bits per heavy atom. The molecule has 250 valence electrons. The zero-order valence-electron chi connectivity index (χ0n) is 26.4. The number of fused-ring (bicyclic) bond motifs is 1. The summed E-state index contributed by atoms with van der Waals surface area (Å²) in [5.41, 5.74) is 2.29. The zero-order chi connectivity index (χ0) is 34.1. The largest absolute Gasteiger partial charge is 0.466 e. The predicted octanol–water partition coefficient (Wildman–Crippen LogP) is 3.79.